The van der Waals surface area contributed by atoms with Gasteiger partial charge in [-0.1, -0.05) is 60.2 Å². The third-order valence-electron chi connectivity index (χ3n) is 4.67. The highest BCUT2D eigenvalue weighted by Crippen LogP contribution is 2.18. The first-order chi connectivity index (χ1) is 14.5. The van der Waals surface area contributed by atoms with E-state index in [9.17, 15) is 9.59 Å². The Bertz CT molecular complexity index is 985. The van der Waals surface area contributed by atoms with E-state index in [-0.39, 0.29) is 11.7 Å². The number of hydrogen-bond acceptors (Lipinski definition) is 4. The van der Waals surface area contributed by atoms with Crippen molar-refractivity contribution < 1.29 is 14.3 Å². The largest absolute Gasteiger partial charge is 0.492 e. The molecule has 5 nitrogen and oxygen atoms in total. The summed E-state index contributed by atoms with van der Waals surface area (Å²) in [6, 6.07) is 23.8. The highest BCUT2D eigenvalue weighted by atomic mass is 16.5. The van der Waals surface area contributed by atoms with Gasteiger partial charge in [-0.25, -0.2) is 0 Å². The van der Waals surface area contributed by atoms with Gasteiger partial charge in [0.05, 0.1) is 0 Å². The first-order valence-electron chi connectivity index (χ1n) is 9.92. The Kier molecular flexibility index (Phi) is 7.35. The number of carbonyl (C=O) groups excluding carboxylic acids is 2. The maximum atomic E-state index is 13.0. The molecule has 3 rings (SSSR count). The molecule has 154 valence electrons. The van der Waals surface area contributed by atoms with Gasteiger partial charge in [-0.2, -0.15) is 0 Å². The average Bonchev–Trinajstić information content (AvgIpc) is 2.75. The molecule has 0 aromatic heterocycles. The lowest BCUT2D eigenvalue weighted by atomic mass is 10.1. The molecule has 0 unspecified atom stereocenters. The molecule has 1 amide bonds. The molecule has 3 aromatic carbocycles. The van der Waals surface area contributed by atoms with Crippen molar-refractivity contribution in [2.75, 3.05) is 18.5 Å². The van der Waals surface area contributed by atoms with Crippen LogP contribution in [-0.2, 0) is 4.79 Å². The van der Waals surface area contributed by atoms with E-state index < -0.39 is 6.04 Å². The van der Waals surface area contributed by atoms with Gasteiger partial charge in [0.25, 0.3) is 0 Å². The van der Waals surface area contributed by atoms with Gasteiger partial charge < -0.3 is 10.1 Å². The number of amides is 1. The van der Waals surface area contributed by atoms with Crippen molar-refractivity contribution in [1.29, 1.82) is 0 Å². The lowest BCUT2D eigenvalue weighted by Gasteiger charge is -2.19. The lowest BCUT2D eigenvalue weighted by Crippen LogP contribution is -2.35. The number of carbonyl (C=O) groups is 2. The van der Waals surface area contributed by atoms with Crippen LogP contribution in [0.5, 0.6) is 5.75 Å². The van der Waals surface area contributed by atoms with Gasteiger partial charge in [0, 0.05) is 17.8 Å². The van der Waals surface area contributed by atoms with Gasteiger partial charge >= 0.3 is 0 Å². The molecular weight excluding hydrogens is 376 g/mol. The van der Waals surface area contributed by atoms with E-state index >= 15 is 0 Å². The predicted molar refractivity (Wildman–Crippen MR) is 119 cm³/mol. The third-order valence-corrected chi connectivity index (χ3v) is 4.67. The van der Waals surface area contributed by atoms with E-state index in [1.54, 1.807) is 24.3 Å². The minimum absolute atomic E-state index is 0.0444. The molecule has 1 atom stereocenters. The van der Waals surface area contributed by atoms with Crippen molar-refractivity contribution in [1.82, 2.24) is 5.32 Å². The summed E-state index contributed by atoms with van der Waals surface area (Å²) >= 11 is 0. The number of ether oxygens (including phenoxy) is 1. The predicted octanol–water partition coefficient (Wildman–Crippen LogP) is 4.55. The summed E-state index contributed by atoms with van der Waals surface area (Å²) in [5.41, 5.74) is 3.18. The van der Waals surface area contributed by atoms with Crippen LogP contribution in [0.15, 0.2) is 78.9 Å². The van der Waals surface area contributed by atoms with Crippen LogP contribution in [-0.4, -0.2) is 24.8 Å². The molecule has 0 radical (unpaired) electrons. The third kappa shape index (κ3) is 6.03. The van der Waals surface area contributed by atoms with Gasteiger partial charge in [0.1, 0.15) is 18.4 Å². The van der Waals surface area contributed by atoms with Crippen LogP contribution in [0, 0.1) is 6.92 Å². The number of rotatable bonds is 9. The monoisotopic (exact) mass is 402 g/mol. The molecule has 0 aliphatic carbocycles. The zero-order valence-electron chi connectivity index (χ0n) is 17.2. The molecule has 0 saturated carbocycles. The molecule has 0 aliphatic heterocycles. The summed E-state index contributed by atoms with van der Waals surface area (Å²) in [6.07, 6.45) is 0. The van der Waals surface area contributed by atoms with Gasteiger partial charge in [-0.3, -0.25) is 14.9 Å². The minimum atomic E-state index is -0.547. The fourth-order valence-electron chi connectivity index (χ4n) is 3.04. The summed E-state index contributed by atoms with van der Waals surface area (Å²) in [4.78, 5) is 24.6. The summed E-state index contributed by atoms with van der Waals surface area (Å²) in [5.74, 6) is 0.554. The summed E-state index contributed by atoms with van der Waals surface area (Å²) in [6.45, 7) is 4.46. The van der Waals surface area contributed by atoms with Crippen molar-refractivity contribution in [3.05, 3.63) is 95.6 Å². The Balaban J connectivity index is 1.65. The van der Waals surface area contributed by atoms with Crippen LogP contribution >= 0.6 is 0 Å². The number of nitrogens with one attached hydrogen (secondary N) is 2. The number of benzene rings is 3. The maximum absolute atomic E-state index is 13.0. The van der Waals surface area contributed by atoms with Gasteiger partial charge in [-0.05, 0) is 43.7 Å². The average molecular weight is 402 g/mol. The standard InChI is InChI=1S/C25H26N2O3/c1-18-11-13-23(14-12-18)30-16-15-26-24(20-7-4-3-5-8-20)25(29)27-22-10-6-9-21(17-22)19(2)28/h3-14,17,24,26H,15-16H2,1-2H3,(H,27,29)/t24-/m1/s1. The molecule has 3 aromatic rings. The molecule has 0 spiro atoms. The minimum Gasteiger partial charge on any atom is -0.492 e. The highest BCUT2D eigenvalue weighted by molar-refractivity contribution is 5.98. The second-order valence-electron chi connectivity index (χ2n) is 7.09. The molecule has 0 bridgehead atoms. The highest BCUT2D eigenvalue weighted by Gasteiger charge is 2.20. The molecule has 2 N–H and O–H groups in total. The van der Waals surface area contributed by atoms with Crippen LogP contribution in [0.3, 0.4) is 0 Å². The van der Waals surface area contributed by atoms with Crippen molar-refractivity contribution >= 4 is 17.4 Å². The molecule has 0 aliphatic rings. The first-order valence-corrected chi connectivity index (χ1v) is 9.92. The smallest absolute Gasteiger partial charge is 0.246 e. The van der Waals surface area contributed by atoms with E-state index in [0.717, 1.165) is 11.3 Å². The first kappa shape index (κ1) is 21.3. The SMILES string of the molecule is CC(=O)c1cccc(NC(=O)[C@H](NCCOc2ccc(C)cc2)c2ccccc2)c1. The van der Waals surface area contributed by atoms with Crippen LogP contribution in [0.25, 0.3) is 0 Å². The Morgan fingerprint density at radius 2 is 1.67 bits per heavy atom. The van der Waals surface area contributed by atoms with Crippen LogP contribution in [0.1, 0.15) is 34.5 Å². The number of aryl methyl sites for hydroxylation is 1. The van der Waals surface area contributed by atoms with E-state index in [2.05, 4.69) is 10.6 Å². The fourth-order valence-corrected chi connectivity index (χ4v) is 3.04. The van der Waals surface area contributed by atoms with Crippen LogP contribution in [0.4, 0.5) is 5.69 Å². The van der Waals surface area contributed by atoms with E-state index in [4.69, 9.17) is 4.74 Å². The van der Waals surface area contributed by atoms with Gasteiger partial charge in [0.15, 0.2) is 5.78 Å². The molecule has 0 saturated heterocycles. The summed E-state index contributed by atoms with van der Waals surface area (Å²) in [7, 11) is 0. The Hall–Kier alpha value is -3.44. The summed E-state index contributed by atoms with van der Waals surface area (Å²) < 4.78 is 5.76. The quantitative estimate of drug-likeness (QED) is 0.407. The number of hydrogen-bond donors (Lipinski definition) is 2. The number of ketones is 1. The molecule has 30 heavy (non-hydrogen) atoms. The zero-order valence-corrected chi connectivity index (χ0v) is 17.2. The molecule has 0 fully saturated rings. The van der Waals surface area contributed by atoms with Crippen molar-refractivity contribution in [3.63, 3.8) is 0 Å². The van der Waals surface area contributed by atoms with Crippen molar-refractivity contribution in [2.45, 2.75) is 19.9 Å². The fraction of sp³-hybridized carbons (Fsp3) is 0.200. The van der Waals surface area contributed by atoms with Crippen LogP contribution < -0.4 is 15.4 Å². The molecule has 5 heteroatoms. The summed E-state index contributed by atoms with van der Waals surface area (Å²) in [5, 5.41) is 6.18. The van der Waals surface area contributed by atoms with Crippen molar-refractivity contribution in [3.8, 4) is 5.75 Å². The second kappa shape index (κ2) is 10.4. The van der Waals surface area contributed by atoms with Gasteiger partial charge in [-0.15, -0.1) is 0 Å². The maximum Gasteiger partial charge on any atom is 0.246 e. The van der Waals surface area contributed by atoms with E-state index in [0.29, 0.717) is 24.4 Å². The number of Topliss-reactive ketones (excluding diaryl/α,β-unsaturated/α-hetero) is 1. The topological polar surface area (TPSA) is 67.4 Å². The normalized spacial score (nSPS) is 11.5. The Labute approximate surface area is 177 Å². The number of anilines is 1. The Morgan fingerprint density at radius 1 is 0.933 bits per heavy atom. The molecular formula is C25H26N2O3. The molecule has 0 heterocycles. The second-order valence-corrected chi connectivity index (χ2v) is 7.09. The van der Waals surface area contributed by atoms with Crippen LogP contribution in [0.2, 0.25) is 0 Å². The van der Waals surface area contributed by atoms with E-state index in [1.807, 2.05) is 61.5 Å². The lowest BCUT2D eigenvalue weighted by molar-refractivity contribution is -0.118. The van der Waals surface area contributed by atoms with Crippen molar-refractivity contribution in [2.24, 2.45) is 0 Å². The van der Waals surface area contributed by atoms with E-state index in [1.165, 1.54) is 12.5 Å². The Morgan fingerprint density at radius 3 is 2.37 bits per heavy atom. The zero-order chi connectivity index (χ0) is 21.3. The van der Waals surface area contributed by atoms with Gasteiger partial charge in [0.2, 0.25) is 5.91 Å².